The van der Waals surface area contributed by atoms with Gasteiger partial charge in [-0.15, -0.1) is 11.3 Å². The highest BCUT2D eigenvalue weighted by Gasteiger charge is 2.18. The summed E-state index contributed by atoms with van der Waals surface area (Å²) in [6, 6.07) is 9.76. The SMILES string of the molecule is CC(=O)Nc1ccc2nc(SC(C)C(=O)Nc3c(C)cc(C)cc3C)sc2c1. The Morgan fingerprint density at radius 2 is 1.75 bits per heavy atom. The number of carbonyl (C=O) groups excluding carboxylic acids is 2. The molecule has 1 aromatic heterocycles. The van der Waals surface area contributed by atoms with Gasteiger partial charge in [-0.05, 0) is 57.0 Å². The maximum absolute atomic E-state index is 12.7. The van der Waals surface area contributed by atoms with E-state index in [0.717, 1.165) is 37.1 Å². The van der Waals surface area contributed by atoms with Crippen LogP contribution in [0.2, 0.25) is 0 Å². The number of fused-ring (bicyclic) bond motifs is 1. The molecule has 3 aromatic rings. The average molecular weight is 414 g/mol. The van der Waals surface area contributed by atoms with Crippen molar-refractivity contribution in [1.29, 1.82) is 0 Å². The van der Waals surface area contributed by atoms with Crippen molar-refractivity contribution in [1.82, 2.24) is 4.98 Å². The van der Waals surface area contributed by atoms with E-state index in [1.807, 2.05) is 39.0 Å². The zero-order valence-corrected chi connectivity index (χ0v) is 18.2. The van der Waals surface area contributed by atoms with Gasteiger partial charge in [0.05, 0.1) is 15.5 Å². The lowest BCUT2D eigenvalue weighted by molar-refractivity contribution is -0.115. The van der Waals surface area contributed by atoms with Crippen molar-refractivity contribution in [3.8, 4) is 0 Å². The molecule has 1 atom stereocenters. The van der Waals surface area contributed by atoms with Crippen LogP contribution in [0.4, 0.5) is 11.4 Å². The fourth-order valence-electron chi connectivity index (χ4n) is 3.04. The number of aryl methyl sites for hydroxylation is 3. The highest BCUT2D eigenvalue weighted by atomic mass is 32.2. The lowest BCUT2D eigenvalue weighted by Crippen LogP contribution is -2.23. The minimum absolute atomic E-state index is 0.0433. The minimum atomic E-state index is -0.282. The molecule has 0 saturated carbocycles. The molecule has 1 heterocycles. The van der Waals surface area contributed by atoms with Gasteiger partial charge in [0.15, 0.2) is 4.34 Å². The van der Waals surface area contributed by atoms with Gasteiger partial charge in [0, 0.05) is 18.3 Å². The van der Waals surface area contributed by atoms with Gasteiger partial charge >= 0.3 is 0 Å². The molecular formula is C21H23N3O2S2. The number of hydrogen-bond acceptors (Lipinski definition) is 5. The highest BCUT2D eigenvalue weighted by molar-refractivity contribution is 8.02. The molecule has 3 rings (SSSR count). The van der Waals surface area contributed by atoms with Crippen molar-refractivity contribution in [3.05, 3.63) is 47.0 Å². The number of rotatable bonds is 5. The predicted octanol–water partition coefficient (Wildman–Crippen LogP) is 5.30. The van der Waals surface area contributed by atoms with Crippen molar-refractivity contribution >= 4 is 56.5 Å². The second-order valence-corrected chi connectivity index (χ2v) is 9.49. The lowest BCUT2D eigenvalue weighted by atomic mass is 10.1. The van der Waals surface area contributed by atoms with Crippen LogP contribution in [0.1, 0.15) is 30.5 Å². The average Bonchev–Trinajstić information content (AvgIpc) is 2.98. The van der Waals surface area contributed by atoms with Crippen molar-refractivity contribution < 1.29 is 9.59 Å². The lowest BCUT2D eigenvalue weighted by Gasteiger charge is -2.15. The second kappa shape index (κ2) is 8.32. The Kier molecular flexibility index (Phi) is 6.05. The Hall–Kier alpha value is -2.38. The Bertz CT molecular complexity index is 1040. The van der Waals surface area contributed by atoms with E-state index in [4.69, 9.17) is 0 Å². The molecule has 0 bridgehead atoms. The van der Waals surface area contributed by atoms with Gasteiger partial charge in [-0.1, -0.05) is 29.5 Å². The molecule has 0 aliphatic carbocycles. The summed E-state index contributed by atoms with van der Waals surface area (Å²) in [4.78, 5) is 28.5. The second-order valence-electron chi connectivity index (χ2n) is 6.87. The van der Waals surface area contributed by atoms with Crippen LogP contribution < -0.4 is 10.6 Å². The monoisotopic (exact) mass is 413 g/mol. The van der Waals surface area contributed by atoms with Gasteiger partial charge in [0.1, 0.15) is 0 Å². The number of thiazole rings is 1. The van der Waals surface area contributed by atoms with Crippen molar-refractivity contribution in [2.75, 3.05) is 10.6 Å². The zero-order valence-electron chi connectivity index (χ0n) is 16.5. The molecule has 0 aliphatic heterocycles. The predicted molar refractivity (Wildman–Crippen MR) is 119 cm³/mol. The van der Waals surface area contributed by atoms with Crippen LogP contribution in [-0.2, 0) is 9.59 Å². The standard InChI is InChI=1S/C21H23N3O2S2/c1-11-8-12(2)19(13(3)9-11)24-20(26)14(4)27-21-23-17-7-6-16(22-15(5)25)10-18(17)28-21/h6-10,14H,1-5H3,(H,22,25)(H,24,26). The summed E-state index contributed by atoms with van der Waals surface area (Å²) >= 11 is 2.96. The van der Waals surface area contributed by atoms with E-state index in [2.05, 4.69) is 34.7 Å². The zero-order chi connectivity index (χ0) is 20.4. The molecule has 2 aromatic carbocycles. The van der Waals surface area contributed by atoms with Crippen molar-refractivity contribution in [3.63, 3.8) is 0 Å². The van der Waals surface area contributed by atoms with Crippen LogP contribution in [-0.4, -0.2) is 22.0 Å². The maximum atomic E-state index is 12.7. The first-order valence-electron chi connectivity index (χ1n) is 8.96. The molecule has 2 N–H and O–H groups in total. The third kappa shape index (κ3) is 4.72. The van der Waals surface area contributed by atoms with Crippen LogP contribution in [0, 0.1) is 20.8 Å². The third-order valence-corrected chi connectivity index (χ3v) is 6.47. The number of anilines is 2. The summed E-state index contributed by atoms with van der Waals surface area (Å²) in [5.41, 5.74) is 5.80. The number of nitrogens with one attached hydrogen (secondary N) is 2. The molecular weight excluding hydrogens is 390 g/mol. The number of nitrogens with zero attached hydrogens (tertiary/aromatic N) is 1. The molecule has 28 heavy (non-hydrogen) atoms. The van der Waals surface area contributed by atoms with E-state index in [0.29, 0.717) is 0 Å². The number of hydrogen-bond donors (Lipinski definition) is 2. The van der Waals surface area contributed by atoms with E-state index in [-0.39, 0.29) is 17.1 Å². The van der Waals surface area contributed by atoms with Crippen LogP contribution in [0.25, 0.3) is 10.2 Å². The van der Waals surface area contributed by atoms with Crippen LogP contribution in [0.15, 0.2) is 34.7 Å². The summed E-state index contributed by atoms with van der Waals surface area (Å²) in [5, 5.41) is 5.55. The fourth-order valence-corrected chi connectivity index (χ4v) is 5.29. The summed E-state index contributed by atoms with van der Waals surface area (Å²) in [7, 11) is 0. The van der Waals surface area contributed by atoms with E-state index in [9.17, 15) is 9.59 Å². The molecule has 0 spiro atoms. The molecule has 1 unspecified atom stereocenters. The van der Waals surface area contributed by atoms with E-state index >= 15 is 0 Å². The van der Waals surface area contributed by atoms with Crippen molar-refractivity contribution in [2.24, 2.45) is 0 Å². The first-order chi connectivity index (χ1) is 13.2. The smallest absolute Gasteiger partial charge is 0.237 e. The molecule has 0 aliphatic rings. The fraction of sp³-hybridized carbons (Fsp3) is 0.286. The van der Waals surface area contributed by atoms with E-state index in [1.165, 1.54) is 35.6 Å². The minimum Gasteiger partial charge on any atom is -0.326 e. The molecule has 0 saturated heterocycles. The Morgan fingerprint density at radius 1 is 1.07 bits per heavy atom. The highest BCUT2D eigenvalue weighted by Crippen LogP contribution is 2.34. The van der Waals surface area contributed by atoms with Gasteiger partial charge < -0.3 is 10.6 Å². The van der Waals surface area contributed by atoms with Gasteiger partial charge in [-0.3, -0.25) is 9.59 Å². The summed E-state index contributed by atoms with van der Waals surface area (Å²) < 4.78 is 1.81. The molecule has 0 fully saturated rings. The number of carbonyl (C=O) groups is 2. The maximum Gasteiger partial charge on any atom is 0.237 e. The van der Waals surface area contributed by atoms with Gasteiger partial charge in [-0.2, -0.15) is 0 Å². The molecule has 5 nitrogen and oxygen atoms in total. The van der Waals surface area contributed by atoms with Gasteiger partial charge in [0.25, 0.3) is 0 Å². The first kappa shape index (κ1) is 20.4. The van der Waals surface area contributed by atoms with E-state index < -0.39 is 0 Å². The van der Waals surface area contributed by atoms with Crippen LogP contribution >= 0.6 is 23.1 Å². The molecule has 146 valence electrons. The Labute approximate surface area is 172 Å². The number of thioether (sulfide) groups is 1. The molecule has 7 heteroatoms. The first-order valence-corrected chi connectivity index (χ1v) is 10.7. The molecule has 2 amide bonds. The van der Waals surface area contributed by atoms with Gasteiger partial charge in [0.2, 0.25) is 11.8 Å². The van der Waals surface area contributed by atoms with Gasteiger partial charge in [-0.25, -0.2) is 4.98 Å². The third-order valence-electron chi connectivity index (χ3n) is 4.26. The number of benzene rings is 2. The topological polar surface area (TPSA) is 71.1 Å². The van der Waals surface area contributed by atoms with Crippen molar-refractivity contribution in [2.45, 2.75) is 44.2 Å². The Balaban J connectivity index is 1.72. The molecule has 0 radical (unpaired) electrons. The quantitative estimate of drug-likeness (QED) is 0.557. The summed E-state index contributed by atoms with van der Waals surface area (Å²) in [6.45, 7) is 9.43. The largest absolute Gasteiger partial charge is 0.326 e. The summed E-state index contributed by atoms with van der Waals surface area (Å²) in [6.07, 6.45) is 0. The number of aromatic nitrogens is 1. The van der Waals surface area contributed by atoms with Crippen LogP contribution in [0.3, 0.4) is 0 Å². The number of amides is 2. The normalized spacial score (nSPS) is 12.0. The van der Waals surface area contributed by atoms with E-state index in [1.54, 1.807) is 0 Å². The van der Waals surface area contributed by atoms with Crippen LogP contribution in [0.5, 0.6) is 0 Å². The summed E-state index contributed by atoms with van der Waals surface area (Å²) in [5.74, 6) is -0.149. The Morgan fingerprint density at radius 3 is 2.39 bits per heavy atom.